The van der Waals surface area contributed by atoms with Gasteiger partial charge in [0.05, 0.1) is 12.5 Å². The van der Waals surface area contributed by atoms with E-state index in [0.29, 0.717) is 31.8 Å². The minimum atomic E-state index is -0.762. The van der Waals surface area contributed by atoms with E-state index in [9.17, 15) is 9.59 Å². The van der Waals surface area contributed by atoms with Gasteiger partial charge >= 0.3 is 12.0 Å². The average Bonchev–Trinajstić information content (AvgIpc) is 3.22. The molecule has 0 aromatic heterocycles. The number of carboxylic acid groups (broad SMARTS) is 1. The SMILES string of the molecule is C#CCN(CC1CC1)C(=O)NC1CCCC(C(=O)O)C1. The Labute approximate surface area is 119 Å². The van der Waals surface area contributed by atoms with Crippen molar-refractivity contribution in [1.82, 2.24) is 10.2 Å². The molecule has 5 heteroatoms. The summed E-state index contributed by atoms with van der Waals surface area (Å²) in [6.07, 6.45) is 10.6. The van der Waals surface area contributed by atoms with Crippen LogP contribution in [0.5, 0.6) is 0 Å². The standard InChI is InChI=1S/C15H22N2O3/c1-2-8-17(10-11-6-7-11)15(20)16-13-5-3-4-12(9-13)14(18)19/h1,11-13H,3-10H2,(H,16,20)(H,18,19). The van der Waals surface area contributed by atoms with Crippen molar-refractivity contribution < 1.29 is 14.7 Å². The van der Waals surface area contributed by atoms with Crippen LogP contribution >= 0.6 is 0 Å². The largest absolute Gasteiger partial charge is 0.481 e. The molecule has 2 N–H and O–H groups in total. The second-order valence-electron chi connectivity index (χ2n) is 5.88. The molecule has 0 aromatic rings. The fraction of sp³-hybridized carbons (Fsp3) is 0.733. The number of hydrogen-bond acceptors (Lipinski definition) is 2. The van der Waals surface area contributed by atoms with Gasteiger partial charge in [0.25, 0.3) is 0 Å². The number of carbonyl (C=O) groups excluding carboxylic acids is 1. The van der Waals surface area contributed by atoms with E-state index in [1.807, 2.05) is 0 Å². The van der Waals surface area contributed by atoms with Crippen LogP contribution < -0.4 is 5.32 Å². The molecule has 5 nitrogen and oxygen atoms in total. The van der Waals surface area contributed by atoms with Gasteiger partial charge in [0.15, 0.2) is 0 Å². The number of urea groups is 1. The van der Waals surface area contributed by atoms with E-state index in [1.165, 1.54) is 12.8 Å². The third-order valence-electron chi connectivity index (χ3n) is 4.10. The van der Waals surface area contributed by atoms with Gasteiger partial charge in [0, 0.05) is 12.6 Å². The number of nitrogens with zero attached hydrogens (tertiary/aromatic N) is 1. The highest BCUT2D eigenvalue weighted by atomic mass is 16.4. The Morgan fingerprint density at radius 3 is 2.65 bits per heavy atom. The Morgan fingerprint density at radius 2 is 2.05 bits per heavy atom. The van der Waals surface area contributed by atoms with Crippen LogP contribution in [0.1, 0.15) is 38.5 Å². The Kier molecular flexibility index (Phi) is 4.89. The summed E-state index contributed by atoms with van der Waals surface area (Å²) >= 11 is 0. The smallest absolute Gasteiger partial charge is 0.318 e. The fourth-order valence-electron chi connectivity index (χ4n) is 2.75. The van der Waals surface area contributed by atoms with E-state index in [1.54, 1.807) is 4.90 Å². The molecule has 2 atom stereocenters. The fourth-order valence-corrected chi connectivity index (χ4v) is 2.75. The van der Waals surface area contributed by atoms with E-state index in [4.69, 9.17) is 11.5 Å². The lowest BCUT2D eigenvalue weighted by Crippen LogP contribution is -2.47. The highest BCUT2D eigenvalue weighted by Crippen LogP contribution is 2.30. The molecule has 0 spiro atoms. The molecular formula is C15H22N2O3. The summed E-state index contributed by atoms with van der Waals surface area (Å²) in [4.78, 5) is 24.9. The molecule has 2 rings (SSSR count). The molecule has 0 aromatic carbocycles. The number of hydrogen-bond donors (Lipinski definition) is 2. The van der Waals surface area contributed by atoms with Crippen LogP contribution in [-0.2, 0) is 4.79 Å². The van der Waals surface area contributed by atoms with Crippen LogP contribution in [0.3, 0.4) is 0 Å². The predicted molar refractivity (Wildman–Crippen MR) is 75.0 cm³/mol. The van der Waals surface area contributed by atoms with Gasteiger partial charge in [0.1, 0.15) is 0 Å². The van der Waals surface area contributed by atoms with Crippen molar-refractivity contribution in [3.63, 3.8) is 0 Å². The zero-order chi connectivity index (χ0) is 14.5. The first kappa shape index (κ1) is 14.7. The predicted octanol–water partition coefficient (Wildman–Crippen LogP) is 1.68. The number of carbonyl (C=O) groups is 2. The van der Waals surface area contributed by atoms with Crippen molar-refractivity contribution in [1.29, 1.82) is 0 Å². The first-order chi connectivity index (χ1) is 9.60. The summed E-state index contributed by atoms with van der Waals surface area (Å²) in [5.41, 5.74) is 0. The highest BCUT2D eigenvalue weighted by Gasteiger charge is 2.30. The number of carboxylic acids is 1. The van der Waals surface area contributed by atoms with E-state index in [-0.39, 0.29) is 18.0 Å². The number of nitrogens with one attached hydrogen (secondary N) is 1. The van der Waals surface area contributed by atoms with Crippen LogP contribution in [0.15, 0.2) is 0 Å². The summed E-state index contributed by atoms with van der Waals surface area (Å²) in [7, 11) is 0. The number of aliphatic carboxylic acids is 1. The van der Waals surface area contributed by atoms with E-state index in [2.05, 4.69) is 11.2 Å². The molecule has 0 saturated heterocycles. The van der Waals surface area contributed by atoms with Crippen molar-refractivity contribution >= 4 is 12.0 Å². The zero-order valence-electron chi connectivity index (χ0n) is 11.7. The molecular weight excluding hydrogens is 256 g/mol. The Bertz CT molecular complexity index is 412. The number of terminal acetylenes is 1. The molecule has 110 valence electrons. The molecule has 2 aliphatic rings. The summed E-state index contributed by atoms with van der Waals surface area (Å²) in [5, 5.41) is 12.0. The van der Waals surface area contributed by atoms with Gasteiger partial charge in [-0.1, -0.05) is 12.3 Å². The number of rotatable bonds is 5. The van der Waals surface area contributed by atoms with Crippen LogP contribution in [0.4, 0.5) is 4.79 Å². The number of amides is 2. The van der Waals surface area contributed by atoms with Gasteiger partial charge in [-0.3, -0.25) is 4.79 Å². The van der Waals surface area contributed by atoms with Crippen molar-refractivity contribution in [2.75, 3.05) is 13.1 Å². The molecule has 2 unspecified atom stereocenters. The van der Waals surface area contributed by atoms with Crippen LogP contribution in [0, 0.1) is 24.2 Å². The second kappa shape index (κ2) is 6.65. The molecule has 0 bridgehead atoms. The maximum Gasteiger partial charge on any atom is 0.318 e. The third kappa shape index (κ3) is 4.16. The lowest BCUT2D eigenvalue weighted by atomic mass is 9.86. The molecule has 0 heterocycles. The second-order valence-corrected chi connectivity index (χ2v) is 5.88. The van der Waals surface area contributed by atoms with Crippen molar-refractivity contribution in [2.45, 2.75) is 44.6 Å². The molecule has 0 aliphatic heterocycles. The Morgan fingerprint density at radius 1 is 1.30 bits per heavy atom. The normalized spacial score (nSPS) is 25.6. The zero-order valence-corrected chi connectivity index (χ0v) is 11.7. The Hall–Kier alpha value is -1.70. The summed E-state index contributed by atoms with van der Waals surface area (Å²) in [6, 6.07) is -0.192. The maximum absolute atomic E-state index is 12.2. The topological polar surface area (TPSA) is 69.6 Å². The van der Waals surface area contributed by atoms with Gasteiger partial charge in [-0.05, 0) is 38.0 Å². The summed E-state index contributed by atoms with van der Waals surface area (Å²) in [6.45, 7) is 1.03. The molecule has 2 fully saturated rings. The van der Waals surface area contributed by atoms with E-state index in [0.717, 1.165) is 12.8 Å². The molecule has 20 heavy (non-hydrogen) atoms. The monoisotopic (exact) mass is 278 g/mol. The van der Waals surface area contributed by atoms with E-state index >= 15 is 0 Å². The Balaban J connectivity index is 1.84. The molecule has 2 aliphatic carbocycles. The van der Waals surface area contributed by atoms with Gasteiger partial charge in [-0.15, -0.1) is 6.42 Å². The quantitative estimate of drug-likeness (QED) is 0.752. The third-order valence-corrected chi connectivity index (χ3v) is 4.10. The first-order valence-electron chi connectivity index (χ1n) is 7.32. The van der Waals surface area contributed by atoms with Crippen molar-refractivity contribution in [3.8, 4) is 12.3 Å². The van der Waals surface area contributed by atoms with Gasteiger partial charge in [0.2, 0.25) is 0 Å². The van der Waals surface area contributed by atoms with Gasteiger partial charge in [-0.25, -0.2) is 4.79 Å². The van der Waals surface area contributed by atoms with Crippen LogP contribution in [0.2, 0.25) is 0 Å². The molecule has 2 amide bonds. The van der Waals surface area contributed by atoms with Gasteiger partial charge < -0.3 is 15.3 Å². The minimum Gasteiger partial charge on any atom is -0.481 e. The molecule has 2 saturated carbocycles. The average molecular weight is 278 g/mol. The van der Waals surface area contributed by atoms with Crippen molar-refractivity contribution in [3.05, 3.63) is 0 Å². The lowest BCUT2D eigenvalue weighted by molar-refractivity contribution is -0.143. The van der Waals surface area contributed by atoms with E-state index < -0.39 is 5.97 Å². The minimum absolute atomic E-state index is 0.0446. The first-order valence-corrected chi connectivity index (χ1v) is 7.32. The summed E-state index contributed by atoms with van der Waals surface area (Å²) in [5.74, 6) is 2.01. The lowest BCUT2D eigenvalue weighted by Gasteiger charge is -2.30. The highest BCUT2D eigenvalue weighted by molar-refractivity contribution is 5.75. The van der Waals surface area contributed by atoms with Crippen molar-refractivity contribution in [2.24, 2.45) is 11.8 Å². The molecule has 0 radical (unpaired) electrons. The maximum atomic E-state index is 12.2. The van der Waals surface area contributed by atoms with Crippen LogP contribution in [0.25, 0.3) is 0 Å². The van der Waals surface area contributed by atoms with Gasteiger partial charge in [-0.2, -0.15) is 0 Å². The van der Waals surface area contributed by atoms with Crippen LogP contribution in [-0.4, -0.2) is 41.1 Å². The summed E-state index contributed by atoms with van der Waals surface area (Å²) < 4.78 is 0.